The Hall–Kier alpha value is -3.58. The number of imidazole rings is 1. The molecule has 2 heterocycles. The number of carboxylic acids is 1. The van der Waals surface area contributed by atoms with E-state index in [2.05, 4.69) is 9.97 Å². The van der Waals surface area contributed by atoms with Gasteiger partial charge in [-0.15, -0.1) is 11.3 Å². The van der Waals surface area contributed by atoms with Gasteiger partial charge in [0.15, 0.2) is 0 Å². The quantitative estimate of drug-likeness (QED) is 0.455. The summed E-state index contributed by atoms with van der Waals surface area (Å²) < 4.78 is 15.4. The highest BCUT2D eigenvalue weighted by Gasteiger charge is 2.14. The highest BCUT2D eigenvalue weighted by atomic mass is 32.1. The predicted octanol–water partition coefficient (Wildman–Crippen LogP) is 5.39. The lowest BCUT2D eigenvalue weighted by Crippen LogP contribution is -2.02. The molecule has 0 bridgehead atoms. The fourth-order valence-corrected chi connectivity index (χ4v) is 3.87. The summed E-state index contributed by atoms with van der Waals surface area (Å²) in [7, 11) is 0. The van der Waals surface area contributed by atoms with E-state index in [1.165, 1.54) is 23.5 Å². The molecule has 0 aliphatic heterocycles. The van der Waals surface area contributed by atoms with E-state index in [1.807, 2.05) is 35.2 Å². The molecule has 4 rings (SSSR count). The van der Waals surface area contributed by atoms with Gasteiger partial charge in [-0.05, 0) is 54.0 Å². The number of thiazole rings is 1. The summed E-state index contributed by atoms with van der Waals surface area (Å²) in [6.07, 6.45) is 7.42. The van der Waals surface area contributed by atoms with E-state index in [4.69, 9.17) is 0 Å². The van der Waals surface area contributed by atoms with E-state index in [9.17, 15) is 14.3 Å². The Morgan fingerprint density at radius 3 is 2.60 bits per heavy atom. The monoisotopic (exact) mass is 419 g/mol. The second-order valence-electron chi connectivity index (χ2n) is 6.73. The second-order valence-corrected chi connectivity index (χ2v) is 7.62. The summed E-state index contributed by atoms with van der Waals surface area (Å²) in [6.45, 7) is 2.53. The maximum absolute atomic E-state index is 13.3. The number of allylic oxidation sites excluding steroid dienone is 1. The van der Waals surface area contributed by atoms with E-state index in [0.29, 0.717) is 17.7 Å². The van der Waals surface area contributed by atoms with Crippen molar-refractivity contribution in [2.75, 3.05) is 0 Å². The molecule has 2 aromatic carbocycles. The number of aromatic nitrogens is 3. The van der Waals surface area contributed by atoms with Crippen LogP contribution in [0.2, 0.25) is 0 Å². The summed E-state index contributed by atoms with van der Waals surface area (Å²) in [5.74, 6) is -0.502. The van der Waals surface area contributed by atoms with Crippen LogP contribution in [0.5, 0.6) is 0 Å². The molecule has 0 aliphatic carbocycles. The van der Waals surface area contributed by atoms with E-state index < -0.39 is 5.97 Å². The minimum Gasteiger partial charge on any atom is -0.478 e. The van der Waals surface area contributed by atoms with E-state index in [1.54, 1.807) is 36.7 Å². The lowest BCUT2D eigenvalue weighted by Gasteiger charge is -2.11. The molecule has 1 N–H and O–H groups in total. The van der Waals surface area contributed by atoms with Crippen LogP contribution in [0, 0.1) is 12.7 Å². The number of rotatable bonds is 6. The number of hydrogen-bond donors (Lipinski definition) is 1. The third-order valence-electron chi connectivity index (χ3n) is 4.74. The summed E-state index contributed by atoms with van der Waals surface area (Å²) in [6, 6.07) is 11.0. The largest absolute Gasteiger partial charge is 0.478 e. The molecule has 2 aromatic heterocycles. The fraction of sp³-hybridized carbons (Fsp3) is 0.0870. The third-order valence-corrected chi connectivity index (χ3v) is 5.59. The average Bonchev–Trinajstić information content (AvgIpc) is 3.40. The van der Waals surface area contributed by atoms with Gasteiger partial charge in [-0.3, -0.25) is 0 Å². The Labute approximate surface area is 176 Å². The van der Waals surface area contributed by atoms with Crippen molar-refractivity contribution in [3.63, 3.8) is 0 Å². The smallest absolute Gasteiger partial charge is 0.336 e. The van der Waals surface area contributed by atoms with E-state index in [0.717, 1.165) is 22.0 Å². The molecular formula is C23H18FN3O2S. The fourth-order valence-electron chi connectivity index (χ4n) is 3.22. The van der Waals surface area contributed by atoms with Crippen molar-refractivity contribution in [2.45, 2.75) is 13.5 Å². The lowest BCUT2D eigenvalue weighted by atomic mass is 9.96. The first kappa shape index (κ1) is 19.7. The molecule has 0 unspecified atom stereocenters. The van der Waals surface area contributed by atoms with Crippen LogP contribution >= 0.6 is 11.3 Å². The molecule has 0 amide bonds. The summed E-state index contributed by atoms with van der Waals surface area (Å²) in [4.78, 5) is 20.4. The SMILES string of the molecule is Cc1nccn1CC(=Cc1ccc(C(=O)O)c(-c2ccc(F)cc2)c1)c1nccs1. The zero-order valence-corrected chi connectivity index (χ0v) is 16.9. The van der Waals surface area contributed by atoms with Crippen molar-refractivity contribution >= 4 is 29.0 Å². The molecule has 0 atom stereocenters. The van der Waals surface area contributed by atoms with Crippen LogP contribution in [0.15, 0.2) is 66.4 Å². The number of benzene rings is 2. The van der Waals surface area contributed by atoms with Gasteiger partial charge in [0.1, 0.15) is 16.6 Å². The van der Waals surface area contributed by atoms with Crippen molar-refractivity contribution in [2.24, 2.45) is 0 Å². The molecule has 4 aromatic rings. The average molecular weight is 419 g/mol. The molecule has 5 nitrogen and oxygen atoms in total. The van der Waals surface area contributed by atoms with Crippen molar-refractivity contribution in [1.82, 2.24) is 14.5 Å². The van der Waals surface area contributed by atoms with Gasteiger partial charge in [0.25, 0.3) is 0 Å². The topological polar surface area (TPSA) is 68.0 Å². The van der Waals surface area contributed by atoms with E-state index in [-0.39, 0.29) is 11.4 Å². The Kier molecular flexibility index (Phi) is 5.54. The van der Waals surface area contributed by atoms with Gasteiger partial charge >= 0.3 is 5.97 Å². The standard InChI is InChI=1S/C23H18FN3O2S/c1-15-25-8-10-27(15)14-18(22-26-9-11-30-22)12-16-2-7-20(23(28)29)21(13-16)17-3-5-19(24)6-4-17/h2-13H,14H2,1H3,(H,28,29). The lowest BCUT2D eigenvalue weighted by molar-refractivity contribution is 0.0697. The highest BCUT2D eigenvalue weighted by molar-refractivity contribution is 7.10. The number of aryl methyl sites for hydroxylation is 1. The first-order valence-electron chi connectivity index (χ1n) is 9.23. The third kappa shape index (κ3) is 4.21. The molecule has 7 heteroatoms. The minimum absolute atomic E-state index is 0.167. The van der Waals surface area contributed by atoms with Gasteiger partial charge in [0.2, 0.25) is 0 Å². The van der Waals surface area contributed by atoms with Crippen molar-refractivity contribution in [1.29, 1.82) is 0 Å². The number of nitrogens with zero attached hydrogens (tertiary/aromatic N) is 3. The Bertz CT molecular complexity index is 1210. The van der Waals surface area contributed by atoms with Crippen molar-refractivity contribution in [3.05, 3.63) is 94.2 Å². The molecule has 0 saturated carbocycles. The molecule has 0 radical (unpaired) electrons. The Morgan fingerprint density at radius 1 is 1.17 bits per heavy atom. The second kappa shape index (κ2) is 8.42. The normalized spacial score (nSPS) is 11.6. The highest BCUT2D eigenvalue weighted by Crippen LogP contribution is 2.29. The van der Waals surface area contributed by atoms with E-state index >= 15 is 0 Å². The number of carboxylic acid groups (broad SMARTS) is 1. The van der Waals surface area contributed by atoms with Gasteiger partial charge in [0, 0.05) is 29.5 Å². The van der Waals surface area contributed by atoms with Crippen molar-refractivity contribution in [3.8, 4) is 11.1 Å². The summed E-state index contributed by atoms with van der Waals surface area (Å²) in [5.41, 5.74) is 3.17. The molecule has 0 spiro atoms. The van der Waals surface area contributed by atoms with Gasteiger partial charge < -0.3 is 9.67 Å². The van der Waals surface area contributed by atoms with Gasteiger partial charge in [-0.1, -0.05) is 18.2 Å². The van der Waals surface area contributed by atoms with Crippen molar-refractivity contribution < 1.29 is 14.3 Å². The Morgan fingerprint density at radius 2 is 1.97 bits per heavy atom. The maximum atomic E-state index is 13.3. The minimum atomic E-state index is -1.03. The summed E-state index contributed by atoms with van der Waals surface area (Å²) >= 11 is 1.54. The number of hydrogen-bond acceptors (Lipinski definition) is 4. The van der Waals surface area contributed by atoms with Crippen LogP contribution in [0.25, 0.3) is 22.8 Å². The van der Waals surface area contributed by atoms with Crippen LogP contribution in [-0.2, 0) is 6.54 Å². The molecule has 150 valence electrons. The zero-order chi connectivity index (χ0) is 21.1. The molecule has 0 fully saturated rings. The van der Waals surface area contributed by atoms with Crippen LogP contribution < -0.4 is 0 Å². The molecule has 30 heavy (non-hydrogen) atoms. The first-order valence-corrected chi connectivity index (χ1v) is 10.1. The summed E-state index contributed by atoms with van der Waals surface area (Å²) in [5, 5.41) is 12.4. The molecule has 0 aliphatic rings. The number of aromatic carboxylic acids is 1. The number of carbonyl (C=O) groups is 1. The van der Waals surface area contributed by atoms with Gasteiger partial charge in [0.05, 0.1) is 12.1 Å². The number of halogens is 1. The Balaban J connectivity index is 1.80. The maximum Gasteiger partial charge on any atom is 0.336 e. The van der Waals surface area contributed by atoms with Gasteiger partial charge in [-0.2, -0.15) is 0 Å². The van der Waals surface area contributed by atoms with Gasteiger partial charge in [-0.25, -0.2) is 19.2 Å². The molecule has 0 saturated heterocycles. The first-order chi connectivity index (χ1) is 14.5. The van der Waals surface area contributed by atoms with Crippen LogP contribution in [-0.4, -0.2) is 25.6 Å². The van der Waals surface area contributed by atoms with Crippen LogP contribution in [0.4, 0.5) is 4.39 Å². The predicted molar refractivity (Wildman–Crippen MR) is 116 cm³/mol. The van der Waals surface area contributed by atoms with Crippen LogP contribution in [0.3, 0.4) is 0 Å². The van der Waals surface area contributed by atoms with Crippen LogP contribution in [0.1, 0.15) is 26.8 Å². The molecular weight excluding hydrogens is 401 g/mol. The zero-order valence-electron chi connectivity index (χ0n) is 16.1.